The monoisotopic (exact) mass is 922 g/mol. The Bertz CT molecular complexity index is 2010. The Labute approximate surface area is 316 Å². The third-order valence-corrected chi connectivity index (χ3v) is 9.69. The number of fused-ring (bicyclic) bond motifs is 2. The number of ketones is 1. The molecule has 0 bridgehead atoms. The second-order valence-corrected chi connectivity index (χ2v) is 13.4. The van der Waals surface area contributed by atoms with Gasteiger partial charge in [-0.15, -0.1) is 23.6 Å². The average molecular weight is 922 g/mol. The third-order valence-electron chi connectivity index (χ3n) is 8.61. The molecular formula is C38H39F6IrN4O2S-. The number of alkyl halides is 6. The summed E-state index contributed by atoms with van der Waals surface area (Å²) in [6.45, 7) is 13.6. The van der Waals surface area contributed by atoms with Gasteiger partial charge in [0, 0.05) is 43.7 Å². The van der Waals surface area contributed by atoms with Crippen molar-refractivity contribution in [1.82, 2.24) is 19.9 Å². The van der Waals surface area contributed by atoms with E-state index in [1.165, 1.54) is 17.4 Å². The molecule has 3 aromatic heterocycles. The number of rotatable bonds is 9. The standard InChI is InChI=1S/C25H15F6N4S.C13H24O2.Ir/c1-11-8-12(2)17(13(3)9-11)19-18(16-10-14-6-4-5-7-15(14)36-16)32-22-23(33-19)35-21(25(29,30)31)20(34-22)24(26,27)28;1-5-10(6-2)12(14)9-13(15)11(7-3)8-4;/h4-9H,1-3H3;9-11,14H,5-8H2,1-4H3;/q-1;;/b;12-9-;. The van der Waals surface area contributed by atoms with Crippen LogP contribution in [0.4, 0.5) is 26.3 Å². The Morgan fingerprint density at radius 1 is 0.788 bits per heavy atom. The van der Waals surface area contributed by atoms with Crippen LogP contribution >= 0.6 is 11.3 Å². The van der Waals surface area contributed by atoms with Crippen LogP contribution in [-0.2, 0) is 37.3 Å². The van der Waals surface area contributed by atoms with Gasteiger partial charge in [-0.3, -0.25) is 9.78 Å². The maximum atomic E-state index is 13.5. The molecule has 0 atom stereocenters. The predicted molar refractivity (Wildman–Crippen MR) is 188 cm³/mol. The molecule has 0 unspecified atom stereocenters. The van der Waals surface area contributed by atoms with E-state index in [2.05, 4.69) is 26.0 Å². The Balaban J connectivity index is 0.000000389. The van der Waals surface area contributed by atoms with E-state index in [0.29, 0.717) is 10.4 Å². The van der Waals surface area contributed by atoms with E-state index in [1.807, 2.05) is 84.9 Å². The summed E-state index contributed by atoms with van der Waals surface area (Å²) in [5.41, 5.74) is -2.09. The quantitative estimate of drug-likeness (QED) is 0.0686. The number of nitrogens with zero attached hydrogens (tertiary/aromatic N) is 4. The molecule has 0 amide bonds. The number of aliphatic hydroxyl groups is 1. The van der Waals surface area contributed by atoms with Crippen LogP contribution in [0, 0.1) is 38.7 Å². The van der Waals surface area contributed by atoms with Crippen LogP contribution in [0.2, 0.25) is 0 Å². The topological polar surface area (TPSA) is 88.9 Å². The van der Waals surface area contributed by atoms with Crippen LogP contribution in [0.3, 0.4) is 0 Å². The van der Waals surface area contributed by atoms with Gasteiger partial charge in [-0.05, 0) is 72.7 Å². The zero-order chi connectivity index (χ0) is 37.8. The van der Waals surface area contributed by atoms with Crippen molar-refractivity contribution in [3.63, 3.8) is 0 Å². The van der Waals surface area contributed by atoms with Gasteiger partial charge in [-0.1, -0.05) is 57.5 Å². The van der Waals surface area contributed by atoms with Gasteiger partial charge in [0.05, 0.1) is 11.5 Å². The smallest absolute Gasteiger partial charge is 0.435 e. The van der Waals surface area contributed by atoms with Crippen molar-refractivity contribution in [1.29, 1.82) is 0 Å². The fourth-order valence-corrected chi connectivity index (χ4v) is 6.97. The molecule has 5 aromatic rings. The molecule has 5 rings (SSSR count). The van der Waals surface area contributed by atoms with Crippen LogP contribution in [0.1, 0.15) is 81.5 Å². The molecule has 14 heteroatoms. The van der Waals surface area contributed by atoms with Crippen molar-refractivity contribution in [2.75, 3.05) is 0 Å². The van der Waals surface area contributed by atoms with Gasteiger partial charge in [0.1, 0.15) is 0 Å². The molecule has 0 fully saturated rings. The van der Waals surface area contributed by atoms with Crippen molar-refractivity contribution < 1.29 is 56.3 Å². The summed E-state index contributed by atoms with van der Waals surface area (Å²) in [6.07, 6.45) is -5.87. The fraction of sp³-hybridized carbons (Fsp3) is 0.395. The first kappa shape index (κ1) is 42.7. The zero-order valence-electron chi connectivity index (χ0n) is 29.7. The molecular weight excluding hydrogens is 883 g/mol. The van der Waals surface area contributed by atoms with Gasteiger partial charge in [0.15, 0.2) is 28.5 Å². The minimum Gasteiger partial charge on any atom is -0.512 e. The van der Waals surface area contributed by atoms with Crippen molar-refractivity contribution in [3.05, 3.63) is 82.4 Å². The summed E-state index contributed by atoms with van der Waals surface area (Å²) in [4.78, 5) is 27.3. The summed E-state index contributed by atoms with van der Waals surface area (Å²) in [5.74, 6) is 0.547. The van der Waals surface area contributed by atoms with Gasteiger partial charge in [0.25, 0.3) is 0 Å². The van der Waals surface area contributed by atoms with E-state index in [9.17, 15) is 36.2 Å². The predicted octanol–water partition coefficient (Wildman–Crippen LogP) is 11.6. The first-order chi connectivity index (χ1) is 23.9. The van der Waals surface area contributed by atoms with Crippen molar-refractivity contribution in [3.8, 4) is 21.8 Å². The van der Waals surface area contributed by atoms with Crippen LogP contribution < -0.4 is 0 Å². The van der Waals surface area contributed by atoms with E-state index in [4.69, 9.17) is 0 Å². The minimum atomic E-state index is -5.39. The van der Waals surface area contributed by atoms with Gasteiger partial charge >= 0.3 is 12.4 Å². The number of aromatic nitrogens is 4. The van der Waals surface area contributed by atoms with E-state index in [0.717, 1.165) is 52.5 Å². The maximum Gasteiger partial charge on any atom is 0.435 e. The van der Waals surface area contributed by atoms with Gasteiger partial charge in [-0.25, -0.2) is 26.3 Å². The Hall–Kier alpha value is -3.74. The molecule has 0 spiro atoms. The summed E-state index contributed by atoms with van der Waals surface area (Å²) in [6, 6.07) is 14.3. The molecule has 0 aliphatic carbocycles. The number of hydrogen-bond donors (Lipinski definition) is 1. The van der Waals surface area contributed by atoms with Crippen LogP contribution in [0.25, 0.3) is 43.2 Å². The first-order valence-electron chi connectivity index (χ1n) is 16.6. The number of carbonyl (C=O) groups is 1. The number of benzene rings is 2. The number of carbonyl (C=O) groups excluding carboxylic acids is 1. The molecule has 0 aliphatic heterocycles. The summed E-state index contributed by atoms with van der Waals surface area (Å²) < 4.78 is 81.9. The van der Waals surface area contributed by atoms with E-state index in [1.54, 1.807) is 0 Å². The summed E-state index contributed by atoms with van der Waals surface area (Å²) >= 11 is 1.29. The van der Waals surface area contributed by atoms with E-state index in [-0.39, 0.29) is 54.9 Å². The molecule has 0 saturated carbocycles. The van der Waals surface area contributed by atoms with E-state index >= 15 is 0 Å². The maximum absolute atomic E-state index is 13.5. The van der Waals surface area contributed by atoms with Crippen molar-refractivity contribution in [2.45, 2.75) is 86.5 Å². The third kappa shape index (κ3) is 9.62. The van der Waals surface area contributed by atoms with Crippen LogP contribution in [0.15, 0.2) is 48.2 Å². The molecule has 0 aliphatic rings. The second kappa shape index (κ2) is 17.4. The van der Waals surface area contributed by atoms with Gasteiger partial charge < -0.3 is 5.11 Å². The fourth-order valence-electron chi connectivity index (χ4n) is 5.97. The summed E-state index contributed by atoms with van der Waals surface area (Å²) in [5, 5.41) is 10.5. The Kier molecular flexibility index (Phi) is 14.3. The average Bonchev–Trinajstić information content (AvgIpc) is 3.48. The number of halogens is 6. The molecule has 6 nitrogen and oxygen atoms in total. The minimum absolute atomic E-state index is 0. The number of allylic oxidation sites excluding steroid dienone is 2. The first-order valence-corrected chi connectivity index (χ1v) is 17.4. The Morgan fingerprint density at radius 2 is 1.27 bits per heavy atom. The molecule has 281 valence electrons. The number of thiophene rings is 1. The van der Waals surface area contributed by atoms with Gasteiger partial charge in [0.2, 0.25) is 0 Å². The molecule has 2 aromatic carbocycles. The molecule has 1 N–H and O–H groups in total. The normalized spacial score (nSPS) is 12.3. The summed E-state index contributed by atoms with van der Waals surface area (Å²) in [7, 11) is 0. The van der Waals surface area contributed by atoms with Crippen LogP contribution in [-0.4, -0.2) is 30.8 Å². The number of hydrogen-bond acceptors (Lipinski definition) is 7. The molecule has 52 heavy (non-hydrogen) atoms. The largest absolute Gasteiger partial charge is 0.512 e. The second-order valence-electron chi connectivity index (χ2n) is 12.3. The zero-order valence-corrected chi connectivity index (χ0v) is 32.9. The molecule has 1 radical (unpaired) electrons. The van der Waals surface area contributed by atoms with Crippen molar-refractivity contribution in [2.24, 2.45) is 11.8 Å². The Morgan fingerprint density at radius 3 is 1.73 bits per heavy atom. The van der Waals surface area contributed by atoms with E-state index < -0.39 is 35.0 Å². The van der Waals surface area contributed by atoms with Crippen LogP contribution in [0.5, 0.6) is 0 Å². The molecule has 3 heterocycles. The SMILES string of the molecule is CCC(CC)C(=O)/C=C(\O)C(CC)CC.Cc1cc(C)c(-c2nc3nc(C(F)(F)F)c(C(F)(F)F)nc3nc2-c2[c-]c3ccccc3s2)c(C)c1.[Ir]. The van der Waals surface area contributed by atoms with Gasteiger partial charge in [-0.2, -0.15) is 26.3 Å². The number of aryl methyl sites for hydroxylation is 3. The number of aliphatic hydroxyl groups excluding tert-OH is 1. The van der Waals surface area contributed by atoms with Crippen molar-refractivity contribution >= 4 is 38.5 Å². The molecule has 0 saturated heterocycles.